The van der Waals surface area contributed by atoms with Crippen molar-refractivity contribution in [2.24, 2.45) is 5.92 Å². The Hall–Kier alpha value is -3.44. The van der Waals surface area contributed by atoms with Gasteiger partial charge in [0.05, 0.1) is 29.3 Å². The van der Waals surface area contributed by atoms with E-state index >= 15 is 0 Å². The van der Waals surface area contributed by atoms with E-state index in [-0.39, 0.29) is 43.9 Å². The first-order chi connectivity index (χ1) is 15.0. The Morgan fingerprint density at radius 2 is 1.84 bits per heavy atom. The lowest BCUT2D eigenvalue weighted by Gasteiger charge is -2.14. The van der Waals surface area contributed by atoms with Gasteiger partial charge in [0.1, 0.15) is 5.82 Å². The standard InChI is InChI=1S/C20H21F4N3O5/c1-12(2)11-32-18-9-13(20(22,23)24)8-17(26-18)31-7-3-6-25-19(28)15-10-14(27(29)30)4-5-16(15)21/h4-5,8-10,12H,3,6-7,11H2,1-2H3,(H,25,28). The molecule has 0 radical (unpaired) electrons. The van der Waals surface area contributed by atoms with Crippen LogP contribution in [0.15, 0.2) is 30.3 Å². The van der Waals surface area contributed by atoms with E-state index in [0.717, 1.165) is 30.3 Å². The third-order valence-electron chi connectivity index (χ3n) is 3.93. The van der Waals surface area contributed by atoms with Gasteiger partial charge in [0.15, 0.2) is 0 Å². The molecule has 8 nitrogen and oxygen atoms in total. The SMILES string of the molecule is CC(C)COc1cc(C(F)(F)F)cc(OCCCNC(=O)c2cc([N+](=O)[O-])ccc2F)n1. The maximum absolute atomic E-state index is 13.7. The molecule has 0 aliphatic heterocycles. The first kappa shape index (κ1) is 24.8. The molecule has 0 atom stereocenters. The van der Waals surface area contributed by atoms with Crippen molar-refractivity contribution in [1.29, 1.82) is 0 Å². The minimum atomic E-state index is -4.62. The monoisotopic (exact) mass is 459 g/mol. The molecule has 0 saturated carbocycles. The van der Waals surface area contributed by atoms with E-state index in [1.807, 2.05) is 13.8 Å². The Bertz CT molecular complexity index is 967. The summed E-state index contributed by atoms with van der Waals surface area (Å²) in [5.41, 5.74) is -1.91. The Kier molecular flexibility index (Phi) is 8.33. The second-order valence-corrected chi connectivity index (χ2v) is 7.11. The van der Waals surface area contributed by atoms with Crippen LogP contribution in [0.25, 0.3) is 0 Å². The van der Waals surface area contributed by atoms with Crippen LogP contribution in [0.1, 0.15) is 36.2 Å². The maximum atomic E-state index is 13.7. The number of hydrogen-bond donors (Lipinski definition) is 1. The molecule has 2 rings (SSSR count). The molecule has 1 aromatic carbocycles. The number of halogens is 4. The van der Waals surface area contributed by atoms with Crippen molar-refractivity contribution in [3.8, 4) is 11.8 Å². The molecule has 1 aromatic heterocycles. The third kappa shape index (κ3) is 7.36. The Morgan fingerprint density at radius 1 is 1.19 bits per heavy atom. The van der Waals surface area contributed by atoms with E-state index in [0.29, 0.717) is 0 Å². The Balaban J connectivity index is 1.93. The molecule has 32 heavy (non-hydrogen) atoms. The zero-order valence-electron chi connectivity index (χ0n) is 17.2. The highest BCUT2D eigenvalue weighted by Gasteiger charge is 2.32. The van der Waals surface area contributed by atoms with Crippen LogP contribution >= 0.6 is 0 Å². The van der Waals surface area contributed by atoms with Crippen LogP contribution in [-0.4, -0.2) is 35.6 Å². The quantitative estimate of drug-likeness (QED) is 0.245. The number of amides is 1. The summed E-state index contributed by atoms with van der Waals surface area (Å²) in [5, 5.41) is 13.1. The fourth-order valence-electron chi connectivity index (χ4n) is 2.39. The van der Waals surface area contributed by atoms with Crippen LogP contribution in [-0.2, 0) is 6.18 Å². The summed E-state index contributed by atoms with van der Waals surface area (Å²) in [7, 11) is 0. The van der Waals surface area contributed by atoms with Gasteiger partial charge < -0.3 is 14.8 Å². The molecule has 0 unspecified atom stereocenters. The summed E-state index contributed by atoms with van der Waals surface area (Å²) in [6.45, 7) is 3.72. The number of carbonyl (C=O) groups excluding carboxylic acids is 1. The largest absolute Gasteiger partial charge is 0.477 e. The van der Waals surface area contributed by atoms with Gasteiger partial charge in [-0.05, 0) is 18.4 Å². The Labute approximate surface area is 180 Å². The van der Waals surface area contributed by atoms with Gasteiger partial charge in [-0.1, -0.05) is 13.8 Å². The molecule has 0 spiro atoms. The molecule has 0 fully saturated rings. The number of non-ortho nitro benzene ring substituents is 1. The molecule has 1 N–H and O–H groups in total. The summed E-state index contributed by atoms with van der Waals surface area (Å²) in [6, 6.07) is 4.07. The molecule has 0 aliphatic rings. The molecule has 2 aromatic rings. The molecule has 174 valence electrons. The number of hydrogen-bond acceptors (Lipinski definition) is 6. The number of nitrogens with zero attached hydrogens (tertiary/aromatic N) is 2. The summed E-state index contributed by atoms with van der Waals surface area (Å²) < 4.78 is 63.5. The van der Waals surface area contributed by atoms with Crippen molar-refractivity contribution in [3.05, 3.63) is 57.4 Å². The van der Waals surface area contributed by atoms with E-state index in [1.165, 1.54) is 0 Å². The van der Waals surface area contributed by atoms with E-state index in [9.17, 15) is 32.5 Å². The van der Waals surface area contributed by atoms with E-state index in [1.54, 1.807) is 0 Å². The number of pyridine rings is 1. The molecule has 12 heteroatoms. The number of benzene rings is 1. The van der Waals surface area contributed by atoms with Gasteiger partial charge in [-0.3, -0.25) is 14.9 Å². The van der Waals surface area contributed by atoms with Gasteiger partial charge in [0.25, 0.3) is 11.6 Å². The van der Waals surface area contributed by atoms with Crippen LogP contribution in [0.5, 0.6) is 11.8 Å². The van der Waals surface area contributed by atoms with E-state index in [4.69, 9.17) is 9.47 Å². The van der Waals surface area contributed by atoms with Crippen LogP contribution < -0.4 is 14.8 Å². The van der Waals surface area contributed by atoms with Gasteiger partial charge >= 0.3 is 6.18 Å². The van der Waals surface area contributed by atoms with Gasteiger partial charge in [0, 0.05) is 30.8 Å². The number of nitro groups is 1. The minimum Gasteiger partial charge on any atom is -0.477 e. The summed E-state index contributed by atoms with van der Waals surface area (Å²) in [6.07, 6.45) is -4.46. The summed E-state index contributed by atoms with van der Waals surface area (Å²) >= 11 is 0. The lowest BCUT2D eigenvalue weighted by molar-refractivity contribution is -0.384. The molecular weight excluding hydrogens is 438 g/mol. The highest BCUT2D eigenvalue weighted by Crippen LogP contribution is 2.33. The van der Waals surface area contributed by atoms with Crippen LogP contribution in [0.2, 0.25) is 0 Å². The first-order valence-corrected chi connectivity index (χ1v) is 9.54. The van der Waals surface area contributed by atoms with E-state index in [2.05, 4.69) is 10.3 Å². The van der Waals surface area contributed by atoms with Crippen LogP contribution in [0, 0.1) is 21.8 Å². The molecule has 0 saturated heterocycles. The highest BCUT2D eigenvalue weighted by molar-refractivity contribution is 5.95. The number of aromatic nitrogens is 1. The smallest absolute Gasteiger partial charge is 0.416 e. The van der Waals surface area contributed by atoms with Crippen molar-refractivity contribution in [2.45, 2.75) is 26.4 Å². The summed E-state index contributed by atoms with van der Waals surface area (Å²) in [4.78, 5) is 25.9. The topological polar surface area (TPSA) is 104 Å². The highest BCUT2D eigenvalue weighted by atomic mass is 19.4. The van der Waals surface area contributed by atoms with Crippen LogP contribution in [0.4, 0.5) is 23.2 Å². The molecule has 1 amide bonds. The molecule has 0 aliphatic carbocycles. The minimum absolute atomic E-state index is 0.0172. The first-order valence-electron chi connectivity index (χ1n) is 9.54. The zero-order valence-corrected chi connectivity index (χ0v) is 17.2. The van der Waals surface area contributed by atoms with Gasteiger partial charge in [-0.2, -0.15) is 18.2 Å². The number of alkyl halides is 3. The normalized spacial score (nSPS) is 11.3. The van der Waals surface area contributed by atoms with Crippen molar-refractivity contribution < 1.29 is 36.8 Å². The number of rotatable bonds is 10. The molecular formula is C20H21F4N3O5. The van der Waals surface area contributed by atoms with Crippen molar-refractivity contribution in [2.75, 3.05) is 19.8 Å². The third-order valence-corrected chi connectivity index (χ3v) is 3.93. The van der Waals surface area contributed by atoms with Gasteiger partial charge in [-0.15, -0.1) is 0 Å². The maximum Gasteiger partial charge on any atom is 0.416 e. The van der Waals surface area contributed by atoms with Crippen molar-refractivity contribution >= 4 is 11.6 Å². The molecule has 0 bridgehead atoms. The van der Waals surface area contributed by atoms with Gasteiger partial charge in [-0.25, -0.2) is 4.39 Å². The predicted molar refractivity (Wildman–Crippen MR) is 105 cm³/mol. The number of ether oxygens (including phenoxy) is 2. The summed E-state index contributed by atoms with van der Waals surface area (Å²) in [5.74, 6) is -2.23. The van der Waals surface area contributed by atoms with Crippen molar-refractivity contribution in [1.82, 2.24) is 10.3 Å². The molecule has 1 heterocycles. The van der Waals surface area contributed by atoms with Crippen molar-refractivity contribution in [3.63, 3.8) is 0 Å². The predicted octanol–water partition coefficient (Wildman–Crippen LogP) is 4.38. The average molecular weight is 459 g/mol. The van der Waals surface area contributed by atoms with Gasteiger partial charge in [0.2, 0.25) is 11.8 Å². The fourth-order valence-corrected chi connectivity index (χ4v) is 2.39. The van der Waals surface area contributed by atoms with Crippen LogP contribution in [0.3, 0.4) is 0 Å². The number of nitrogens with one attached hydrogen (secondary N) is 1. The number of nitro benzene ring substituents is 1. The van der Waals surface area contributed by atoms with E-state index < -0.39 is 39.6 Å². The second kappa shape index (κ2) is 10.7. The Morgan fingerprint density at radius 3 is 2.44 bits per heavy atom. The number of carbonyl (C=O) groups is 1. The second-order valence-electron chi connectivity index (χ2n) is 7.11. The lowest BCUT2D eigenvalue weighted by Crippen LogP contribution is -2.26. The lowest BCUT2D eigenvalue weighted by atomic mass is 10.1. The average Bonchev–Trinajstić information content (AvgIpc) is 2.71. The fraction of sp³-hybridized carbons (Fsp3) is 0.400. The zero-order chi connectivity index (χ0) is 23.9.